The van der Waals surface area contributed by atoms with Gasteiger partial charge in [0.1, 0.15) is 23.7 Å². The zero-order valence-electron chi connectivity index (χ0n) is 16.4. The van der Waals surface area contributed by atoms with Crippen molar-refractivity contribution in [1.82, 2.24) is 15.3 Å². The molecule has 0 aliphatic carbocycles. The van der Waals surface area contributed by atoms with E-state index in [9.17, 15) is 14.7 Å². The monoisotopic (exact) mass is 417 g/mol. The summed E-state index contributed by atoms with van der Waals surface area (Å²) in [6.45, 7) is -0.123. The van der Waals surface area contributed by atoms with E-state index in [1.54, 1.807) is 6.07 Å². The molecule has 4 rings (SSSR count). The summed E-state index contributed by atoms with van der Waals surface area (Å²) in [7, 11) is 0. The number of aromatic nitrogens is 2. The molecule has 2 aromatic heterocycles. The van der Waals surface area contributed by atoms with E-state index in [1.807, 2.05) is 48.5 Å². The lowest BCUT2D eigenvalue weighted by molar-refractivity contribution is -0.139. The SMILES string of the molecule is O=C(NC(Cc1cncnc1)C(=O)O)OCc1cc2cc(-c3ccccc3)ccc2o1. The number of ether oxygens (including phenoxy) is 1. The van der Waals surface area contributed by atoms with E-state index in [1.165, 1.54) is 18.7 Å². The number of amides is 1. The van der Waals surface area contributed by atoms with E-state index < -0.39 is 18.1 Å². The number of hydrogen-bond donors (Lipinski definition) is 2. The number of alkyl carbamates (subject to hydrolysis) is 1. The van der Waals surface area contributed by atoms with E-state index in [2.05, 4.69) is 15.3 Å². The van der Waals surface area contributed by atoms with E-state index >= 15 is 0 Å². The van der Waals surface area contributed by atoms with Crippen molar-refractivity contribution in [2.45, 2.75) is 19.1 Å². The Morgan fingerprint density at radius 2 is 1.81 bits per heavy atom. The molecule has 31 heavy (non-hydrogen) atoms. The lowest BCUT2D eigenvalue weighted by atomic mass is 10.0. The van der Waals surface area contributed by atoms with Gasteiger partial charge in [-0.1, -0.05) is 36.4 Å². The second kappa shape index (κ2) is 9.08. The Morgan fingerprint density at radius 3 is 2.55 bits per heavy atom. The van der Waals surface area contributed by atoms with Crippen molar-refractivity contribution in [2.24, 2.45) is 0 Å². The minimum absolute atomic E-state index is 0.0399. The highest BCUT2D eigenvalue weighted by Gasteiger charge is 2.21. The van der Waals surface area contributed by atoms with Gasteiger partial charge in [0.15, 0.2) is 6.61 Å². The topological polar surface area (TPSA) is 115 Å². The number of fused-ring (bicyclic) bond motifs is 1. The molecule has 8 heteroatoms. The summed E-state index contributed by atoms with van der Waals surface area (Å²) in [6, 6.07) is 16.4. The van der Waals surface area contributed by atoms with Crippen LogP contribution in [0, 0.1) is 0 Å². The van der Waals surface area contributed by atoms with Crippen LogP contribution < -0.4 is 5.32 Å². The number of hydrogen-bond acceptors (Lipinski definition) is 6. The smallest absolute Gasteiger partial charge is 0.408 e. The van der Waals surface area contributed by atoms with Gasteiger partial charge < -0.3 is 19.6 Å². The van der Waals surface area contributed by atoms with Crippen LogP contribution in [0.4, 0.5) is 4.79 Å². The fraction of sp³-hybridized carbons (Fsp3) is 0.130. The number of rotatable bonds is 7. The minimum Gasteiger partial charge on any atom is -0.480 e. The van der Waals surface area contributed by atoms with Crippen molar-refractivity contribution in [1.29, 1.82) is 0 Å². The number of nitrogens with one attached hydrogen (secondary N) is 1. The van der Waals surface area contributed by atoms with E-state index in [0.29, 0.717) is 16.9 Å². The second-order valence-corrected chi connectivity index (χ2v) is 6.89. The van der Waals surface area contributed by atoms with Gasteiger partial charge in [0, 0.05) is 24.2 Å². The molecular weight excluding hydrogens is 398 g/mol. The Morgan fingerprint density at radius 1 is 1.03 bits per heavy atom. The molecule has 0 fully saturated rings. The van der Waals surface area contributed by atoms with Crippen molar-refractivity contribution in [3.8, 4) is 11.1 Å². The van der Waals surface area contributed by atoms with Gasteiger partial charge in [-0.3, -0.25) is 0 Å². The minimum atomic E-state index is -1.18. The quantitative estimate of drug-likeness (QED) is 0.470. The summed E-state index contributed by atoms with van der Waals surface area (Å²) < 4.78 is 10.9. The first-order valence-electron chi connectivity index (χ1n) is 9.56. The molecule has 0 aliphatic rings. The van der Waals surface area contributed by atoms with Crippen molar-refractivity contribution in [2.75, 3.05) is 0 Å². The van der Waals surface area contributed by atoms with Crippen LogP contribution in [0.2, 0.25) is 0 Å². The van der Waals surface area contributed by atoms with Crippen LogP contribution in [0.5, 0.6) is 0 Å². The average Bonchev–Trinajstić information content (AvgIpc) is 3.21. The summed E-state index contributed by atoms with van der Waals surface area (Å²) in [5.74, 6) is -0.725. The zero-order chi connectivity index (χ0) is 21.6. The number of benzene rings is 2. The van der Waals surface area contributed by atoms with E-state index in [-0.39, 0.29) is 13.0 Å². The Labute approximate surface area is 177 Å². The number of carbonyl (C=O) groups is 2. The predicted molar refractivity (Wildman–Crippen MR) is 112 cm³/mol. The molecule has 8 nitrogen and oxygen atoms in total. The van der Waals surface area contributed by atoms with Crippen molar-refractivity contribution >= 4 is 23.0 Å². The Hall–Kier alpha value is -4.20. The van der Waals surface area contributed by atoms with E-state index in [0.717, 1.165) is 16.5 Å². The highest BCUT2D eigenvalue weighted by molar-refractivity contribution is 5.84. The largest absolute Gasteiger partial charge is 0.480 e. The van der Waals surface area contributed by atoms with Crippen LogP contribution >= 0.6 is 0 Å². The molecule has 1 atom stereocenters. The van der Waals surface area contributed by atoms with E-state index in [4.69, 9.17) is 9.15 Å². The predicted octanol–water partition coefficient (Wildman–Crippen LogP) is 3.81. The van der Waals surface area contributed by atoms with Crippen molar-refractivity contribution in [3.63, 3.8) is 0 Å². The number of carboxylic acids is 1. The highest BCUT2D eigenvalue weighted by Crippen LogP contribution is 2.27. The van der Waals surface area contributed by atoms with Gasteiger partial charge in [0.05, 0.1) is 0 Å². The van der Waals surface area contributed by atoms with Crippen LogP contribution in [0.25, 0.3) is 22.1 Å². The summed E-state index contributed by atoms with van der Waals surface area (Å²) in [4.78, 5) is 31.2. The molecule has 0 aliphatic heterocycles. The number of furan rings is 1. The summed E-state index contributed by atoms with van der Waals surface area (Å²) >= 11 is 0. The fourth-order valence-electron chi connectivity index (χ4n) is 3.17. The summed E-state index contributed by atoms with van der Waals surface area (Å²) in [5.41, 5.74) is 3.40. The lowest BCUT2D eigenvalue weighted by Gasteiger charge is -2.13. The fourth-order valence-corrected chi connectivity index (χ4v) is 3.17. The first-order valence-corrected chi connectivity index (χ1v) is 9.56. The van der Waals surface area contributed by atoms with Crippen LogP contribution in [-0.2, 0) is 22.6 Å². The van der Waals surface area contributed by atoms with Gasteiger partial charge in [0.2, 0.25) is 0 Å². The second-order valence-electron chi connectivity index (χ2n) is 6.89. The lowest BCUT2D eigenvalue weighted by Crippen LogP contribution is -2.42. The summed E-state index contributed by atoms with van der Waals surface area (Å²) in [5, 5.41) is 12.6. The molecule has 2 aromatic carbocycles. The van der Waals surface area contributed by atoms with Gasteiger partial charge in [-0.25, -0.2) is 19.6 Å². The molecule has 0 bridgehead atoms. The summed E-state index contributed by atoms with van der Waals surface area (Å²) in [6.07, 6.45) is 3.52. The molecule has 2 N–H and O–H groups in total. The molecule has 0 saturated carbocycles. The first-order chi connectivity index (χ1) is 15.1. The van der Waals surface area contributed by atoms with Crippen LogP contribution in [0.15, 0.2) is 77.7 Å². The third-order valence-electron chi connectivity index (χ3n) is 4.66. The molecule has 2 heterocycles. The maximum atomic E-state index is 12.1. The zero-order valence-corrected chi connectivity index (χ0v) is 16.4. The van der Waals surface area contributed by atoms with Gasteiger partial charge in [-0.2, -0.15) is 0 Å². The number of carboxylic acid groups (broad SMARTS) is 1. The Balaban J connectivity index is 1.38. The van der Waals surface area contributed by atoms with Crippen molar-refractivity contribution < 1.29 is 23.8 Å². The normalized spacial score (nSPS) is 11.7. The Bertz CT molecular complexity index is 1190. The molecule has 0 spiro atoms. The maximum Gasteiger partial charge on any atom is 0.408 e. The number of carbonyl (C=O) groups excluding carboxylic acids is 1. The van der Waals surface area contributed by atoms with Crippen LogP contribution in [-0.4, -0.2) is 33.2 Å². The molecule has 156 valence electrons. The highest BCUT2D eigenvalue weighted by atomic mass is 16.6. The Kier molecular flexibility index (Phi) is 5.89. The first kappa shape index (κ1) is 20.1. The number of nitrogens with zero attached hydrogens (tertiary/aromatic N) is 2. The molecule has 0 saturated heterocycles. The standard InChI is InChI=1S/C23H19N3O5/c27-22(28)20(8-15-11-24-14-25-12-15)26-23(29)30-13-19-10-18-9-17(6-7-21(18)31-19)16-4-2-1-3-5-16/h1-7,9-12,14,20H,8,13H2,(H,26,29)(H,27,28). The molecule has 1 unspecified atom stereocenters. The average molecular weight is 417 g/mol. The molecule has 4 aromatic rings. The maximum absolute atomic E-state index is 12.1. The third-order valence-corrected chi connectivity index (χ3v) is 4.66. The van der Waals surface area contributed by atoms with Gasteiger partial charge in [0.25, 0.3) is 0 Å². The number of aliphatic carboxylic acids is 1. The van der Waals surface area contributed by atoms with Gasteiger partial charge in [-0.05, 0) is 34.9 Å². The molecular formula is C23H19N3O5. The van der Waals surface area contributed by atoms with Gasteiger partial charge in [-0.15, -0.1) is 0 Å². The van der Waals surface area contributed by atoms with Crippen LogP contribution in [0.3, 0.4) is 0 Å². The van der Waals surface area contributed by atoms with Gasteiger partial charge >= 0.3 is 12.1 Å². The molecule has 0 radical (unpaired) electrons. The molecule has 1 amide bonds. The van der Waals surface area contributed by atoms with Crippen LogP contribution in [0.1, 0.15) is 11.3 Å². The van der Waals surface area contributed by atoms with Crippen molar-refractivity contribution in [3.05, 3.63) is 84.6 Å². The third kappa shape index (κ3) is 5.05.